The fourth-order valence-electron chi connectivity index (χ4n) is 3.83. The molecule has 0 bridgehead atoms. The largest absolute Gasteiger partial charge is 0.494 e. The average molecular weight is 440 g/mol. The molecule has 3 aromatic rings. The van der Waals surface area contributed by atoms with E-state index in [2.05, 4.69) is 9.88 Å². The Balaban J connectivity index is 1.56. The van der Waals surface area contributed by atoms with E-state index in [1.165, 1.54) is 0 Å². The summed E-state index contributed by atoms with van der Waals surface area (Å²) in [7, 11) is 0. The molecule has 0 saturated heterocycles. The van der Waals surface area contributed by atoms with Gasteiger partial charge in [-0.2, -0.15) is 0 Å². The summed E-state index contributed by atoms with van der Waals surface area (Å²) in [6, 6.07) is 13.2. The molecule has 0 unspecified atom stereocenters. The fourth-order valence-corrected chi connectivity index (χ4v) is 3.96. The molecule has 0 spiro atoms. The van der Waals surface area contributed by atoms with Crippen molar-refractivity contribution in [3.63, 3.8) is 0 Å². The number of aromatic nitrogens is 2. The molecule has 4 rings (SSSR count). The SMILES string of the molecule is CCOc1ccc(OCC)c(CN2CCc3nc(-c4ccc(Cl)cc4)[nH]c(=O)c3C2)c1. The van der Waals surface area contributed by atoms with Gasteiger partial charge in [-0.05, 0) is 56.3 Å². The van der Waals surface area contributed by atoms with Gasteiger partial charge in [0.25, 0.3) is 5.56 Å². The minimum atomic E-state index is -0.0900. The van der Waals surface area contributed by atoms with Gasteiger partial charge in [0.1, 0.15) is 17.3 Å². The van der Waals surface area contributed by atoms with Gasteiger partial charge >= 0.3 is 0 Å². The molecule has 2 heterocycles. The second-order valence-electron chi connectivity index (χ2n) is 7.44. The molecule has 0 radical (unpaired) electrons. The smallest absolute Gasteiger partial charge is 0.255 e. The maximum atomic E-state index is 12.8. The summed E-state index contributed by atoms with van der Waals surface area (Å²) in [4.78, 5) is 22.7. The van der Waals surface area contributed by atoms with Gasteiger partial charge in [0.2, 0.25) is 0 Å². The maximum absolute atomic E-state index is 12.8. The number of benzene rings is 2. The minimum absolute atomic E-state index is 0.0900. The van der Waals surface area contributed by atoms with Crippen LogP contribution in [0.4, 0.5) is 0 Å². The standard InChI is InChI=1S/C24H26ClN3O3/c1-3-30-19-9-10-22(31-4-2)17(13-19)14-28-12-11-21-20(15-28)24(29)27-23(26-21)16-5-7-18(25)8-6-16/h5-10,13H,3-4,11-12,14-15H2,1-2H3,(H,26,27,29). The number of aromatic amines is 1. The van der Waals surface area contributed by atoms with E-state index in [4.69, 9.17) is 26.1 Å². The molecule has 31 heavy (non-hydrogen) atoms. The predicted molar refractivity (Wildman–Crippen MR) is 122 cm³/mol. The van der Waals surface area contributed by atoms with Crippen molar-refractivity contribution >= 4 is 11.6 Å². The quantitative estimate of drug-likeness (QED) is 0.589. The number of halogens is 1. The summed E-state index contributed by atoms with van der Waals surface area (Å²) in [5.41, 5.74) is 3.40. The number of rotatable bonds is 7. The van der Waals surface area contributed by atoms with Crippen LogP contribution in [-0.2, 0) is 19.5 Å². The summed E-state index contributed by atoms with van der Waals surface area (Å²) in [5.74, 6) is 2.25. The second kappa shape index (κ2) is 9.54. The van der Waals surface area contributed by atoms with E-state index in [-0.39, 0.29) is 5.56 Å². The Labute approximate surface area is 186 Å². The van der Waals surface area contributed by atoms with E-state index in [0.29, 0.717) is 37.2 Å². The molecule has 0 fully saturated rings. The van der Waals surface area contributed by atoms with Crippen LogP contribution in [0.3, 0.4) is 0 Å². The van der Waals surface area contributed by atoms with Crippen LogP contribution >= 0.6 is 11.6 Å². The van der Waals surface area contributed by atoms with Crippen LogP contribution in [0.5, 0.6) is 11.5 Å². The van der Waals surface area contributed by atoms with Gasteiger partial charge in [0, 0.05) is 42.2 Å². The van der Waals surface area contributed by atoms with Crippen molar-refractivity contribution in [1.29, 1.82) is 0 Å². The van der Waals surface area contributed by atoms with Crippen molar-refractivity contribution in [3.8, 4) is 22.9 Å². The maximum Gasteiger partial charge on any atom is 0.255 e. The van der Waals surface area contributed by atoms with Crippen molar-refractivity contribution in [1.82, 2.24) is 14.9 Å². The van der Waals surface area contributed by atoms with Crippen molar-refractivity contribution < 1.29 is 9.47 Å². The molecule has 1 N–H and O–H groups in total. The van der Waals surface area contributed by atoms with Crippen LogP contribution in [0.15, 0.2) is 47.3 Å². The van der Waals surface area contributed by atoms with Gasteiger partial charge < -0.3 is 14.5 Å². The van der Waals surface area contributed by atoms with E-state index in [1.807, 2.05) is 44.2 Å². The number of nitrogens with zero attached hydrogens (tertiary/aromatic N) is 2. The molecule has 7 heteroatoms. The molecule has 162 valence electrons. The van der Waals surface area contributed by atoms with Gasteiger partial charge in [0.05, 0.1) is 24.5 Å². The highest BCUT2D eigenvalue weighted by atomic mass is 35.5. The normalized spacial score (nSPS) is 13.6. The Kier molecular flexibility index (Phi) is 6.59. The van der Waals surface area contributed by atoms with Gasteiger partial charge in [-0.3, -0.25) is 9.69 Å². The first-order valence-electron chi connectivity index (χ1n) is 10.6. The monoisotopic (exact) mass is 439 g/mol. The molecule has 0 saturated carbocycles. The van der Waals surface area contributed by atoms with Gasteiger partial charge in [-0.1, -0.05) is 11.6 Å². The van der Waals surface area contributed by atoms with Crippen LogP contribution in [0.2, 0.25) is 5.02 Å². The van der Waals surface area contributed by atoms with E-state index < -0.39 is 0 Å². The Morgan fingerprint density at radius 1 is 1.10 bits per heavy atom. The van der Waals surface area contributed by atoms with Crippen LogP contribution in [-0.4, -0.2) is 34.6 Å². The van der Waals surface area contributed by atoms with Gasteiger partial charge in [-0.25, -0.2) is 4.98 Å². The van der Waals surface area contributed by atoms with Crippen molar-refractivity contribution in [2.45, 2.75) is 33.4 Å². The first-order valence-corrected chi connectivity index (χ1v) is 10.9. The minimum Gasteiger partial charge on any atom is -0.494 e. The number of hydrogen-bond donors (Lipinski definition) is 1. The lowest BCUT2D eigenvalue weighted by Crippen LogP contribution is -2.35. The zero-order valence-electron chi connectivity index (χ0n) is 17.8. The number of ether oxygens (including phenoxy) is 2. The lowest BCUT2D eigenvalue weighted by molar-refractivity contribution is 0.235. The summed E-state index contributed by atoms with van der Waals surface area (Å²) in [6.07, 6.45) is 0.717. The van der Waals surface area contributed by atoms with E-state index in [9.17, 15) is 4.79 Å². The molecule has 1 aromatic heterocycles. The van der Waals surface area contributed by atoms with Crippen molar-refractivity contribution in [2.24, 2.45) is 0 Å². The molecule has 6 nitrogen and oxygen atoms in total. The van der Waals surface area contributed by atoms with Crippen LogP contribution in [0, 0.1) is 0 Å². The third-order valence-corrected chi connectivity index (χ3v) is 5.55. The summed E-state index contributed by atoms with van der Waals surface area (Å²) < 4.78 is 11.5. The molecule has 1 aliphatic rings. The van der Waals surface area contributed by atoms with E-state index >= 15 is 0 Å². The van der Waals surface area contributed by atoms with Crippen molar-refractivity contribution in [2.75, 3.05) is 19.8 Å². The topological polar surface area (TPSA) is 67.5 Å². The Morgan fingerprint density at radius 2 is 1.87 bits per heavy atom. The summed E-state index contributed by atoms with van der Waals surface area (Å²) >= 11 is 5.97. The fraction of sp³-hybridized carbons (Fsp3) is 0.333. The molecule has 1 aliphatic heterocycles. The van der Waals surface area contributed by atoms with E-state index in [0.717, 1.165) is 46.8 Å². The Hall–Kier alpha value is -2.83. The van der Waals surface area contributed by atoms with Crippen molar-refractivity contribution in [3.05, 3.63) is 74.7 Å². The second-order valence-corrected chi connectivity index (χ2v) is 7.88. The first kappa shape index (κ1) is 21.4. The molecular weight excluding hydrogens is 414 g/mol. The molecule has 0 amide bonds. The average Bonchev–Trinajstić information content (AvgIpc) is 2.77. The highest BCUT2D eigenvalue weighted by Crippen LogP contribution is 2.28. The highest BCUT2D eigenvalue weighted by Gasteiger charge is 2.22. The highest BCUT2D eigenvalue weighted by molar-refractivity contribution is 6.30. The lowest BCUT2D eigenvalue weighted by Gasteiger charge is -2.28. The number of H-pyrrole nitrogens is 1. The molecular formula is C24H26ClN3O3. The lowest BCUT2D eigenvalue weighted by atomic mass is 10.0. The summed E-state index contributed by atoms with van der Waals surface area (Å²) in [6.45, 7) is 7.18. The zero-order chi connectivity index (χ0) is 21.8. The van der Waals surface area contributed by atoms with Crippen LogP contribution in [0.1, 0.15) is 30.7 Å². The number of nitrogens with one attached hydrogen (secondary N) is 1. The predicted octanol–water partition coefficient (Wildman–Crippen LogP) is 4.45. The molecule has 2 aromatic carbocycles. The molecule has 0 aliphatic carbocycles. The number of hydrogen-bond acceptors (Lipinski definition) is 5. The van der Waals surface area contributed by atoms with E-state index in [1.54, 1.807) is 12.1 Å². The zero-order valence-corrected chi connectivity index (χ0v) is 18.5. The van der Waals surface area contributed by atoms with Crippen LogP contribution in [0.25, 0.3) is 11.4 Å². The van der Waals surface area contributed by atoms with Gasteiger partial charge in [-0.15, -0.1) is 0 Å². The molecule has 0 atom stereocenters. The Morgan fingerprint density at radius 3 is 2.61 bits per heavy atom. The number of fused-ring (bicyclic) bond motifs is 1. The summed E-state index contributed by atoms with van der Waals surface area (Å²) in [5, 5.41) is 0.652. The van der Waals surface area contributed by atoms with Gasteiger partial charge in [0.15, 0.2) is 0 Å². The first-order chi connectivity index (χ1) is 15.1. The third-order valence-electron chi connectivity index (χ3n) is 5.30. The Bertz CT molecular complexity index is 1110. The third kappa shape index (κ3) is 4.92. The van der Waals surface area contributed by atoms with Crippen LogP contribution < -0.4 is 15.0 Å².